The van der Waals surface area contributed by atoms with Gasteiger partial charge in [0.1, 0.15) is 24.1 Å². The Morgan fingerprint density at radius 1 is 1.57 bits per heavy atom. The van der Waals surface area contributed by atoms with Gasteiger partial charge in [0.2, 0.25) is 0 Å². The molecule has 1 amide bonds. The van der Waals surface area contributed by atoms with E-state index in [1.165, 1.54) is 7.11 Å². The van der Waals surface area contributed by atoms with Crippen molar-refractivity contribution in [3.8, 4) is 11.8 Å². The van der Waals surface area contributed by atoms with E-state index in [4.69, 9.17) is 19.5 Å². The van der Waals surface area contributed by atoms with Gasteiger partial charge in [-0.25, -0.2) is 0 Å². The number of nitriles is 1. The van der Waals surface area contributed by atoms with E-state index >= 15 is 0 Å². The molecule has 6 nitrogen and oxygen atoms in total. The Labute approximate surface area is 123 Å². The molecule has 0 bridgehead atoms. The number of rotatable bonds is 6. The van der Waals surface area contributed by atoms with Gasteiger partial charge >= 0.3 is 0 Å². The summed E-state index contributed by atoms with van der Waals surface area (Å²) in [5.74, 6) is 0.121. The summed E-state index contributed by atoms with van der Waals surface area (Å²) in [5.41, 5.74) is 0.718. The number of ether oxygens (including phenoxy) is 3. The van der Waals surface area contributed by atoms with Gasteiger partial charge in [-0.3, -0.25) is 4.79 Å². The molecule has 1 fully saturated rings. The van der Waals surface area contributed by atoms with Crippen LogP contribution in [0.2, 0.25) is 0 Å². The largest absolute Gasteiger partial charge is 0.495 e. The van der Waals surface area contributed by atoms with E-state index < -0.39 is 0 Å². The summed E-state index contributed by atoms with van der Waals surface area (Å²) in [6.07, 6.45) is 2.08. The number of carbonyl (C=O) groups is 1. The lowest BCUT2D eigenvalue weighted by Crippen LogP contribution is -2.23. The Balaban J connectivity index is 1.88. The number of para-hydroxylation sites is 1. The Hall–Kier alpha value is -2.10. The van der Waals surface area contributed by atoms with Crippen LogP contribution < -0.4 is 10.1 Å². The van der Waals surface area contributed by atoms with Gasteiger partial charge in [-0.05, 0) is 25.0 Å². The molecule has 1 N–H and O–H groups in total. The van der Waals surface area contributed by atoms with Crippen LogP contribution in [0.3, 0.4) is 0 Å². The molecule has 1 aliphatic rings. The zero-order valence-electron chi connectivity index (χ0n) is 11.9. The Bertz CT molecular complexity index is 533. The van der Waals surface area contributed by atoms with Crippen molar-refractivity contribution in [2.24, 2.45) is 0 Å². The molecule has 0 aliphatic carbocycles. The summed E-state index contributed by atoms with van der Waals surface area (Å²) >= 11 is 0. The number of nitrogens with one attached hydrogen (secondary N) is 1. The second-order valence-corrected chi connectivity index (χ2v) is 4.69. The van der Waals surface area contributed by atoms with E-state index in [0.29, 0.717) is 23.6 Å². The molecule has 6 heteroatoms. The van der Waals surface area contributed by atoms with Crippen LogP contribution in [0.4, 0.5) is 5.69 Å². The fraction of sp³-hybridized carbons (Fsp3) is 0.467. The molecule has 1 aromatic carbocycles. The maximum Gasteiger partial charge on any atom is 0.250 e. The average Bonchev–Trinajstić information content (AvgIpc) is 3.00. The van der Waals surface area contributed by atoms with Crippen molar-refractivity contribution < 1.29 is 19.0 Å². The van der Waals surface area contributed by atoms with Gasteiger partial charge in [0, 0.05) is 6.61 Å². The van der Waals surface area contributed by atoms with Gasteiger partial charge in [-0.2, -0.15) is 5.26 Å². The van der Waals surface area contributed by atoms with Crippen molar-refractivity contribution >= 4 is 11.6 Å². The monoisotopic (exact) mass is 290 g/mol. The molecule has 1 heterocycles. The third-order valence-electron chi connectivity index (χ3n) is 3.19. The Kier molecular flexibility index (Phi) is 5.55. The van der Waals surface area contributed by atoms with Crippen LogP contribution in [0.25, 0.3) is 0 Å². The molecule has 0 aromatic heterocycles. The topological polar surface area (TPSA) is 80.6 Å². The molecule has 2 rings (SSSR count). The summed E-state index contributed by atoms with van der Waals surface area (Å²) in [6.45, 7) is 1.08. The number of hydrogen-bond donors (Lipinski definition) is 1. The number of methoxy groups -OCH3 is 1. The lowest BCUT2D eigenvalue weighted by Gasteiger charge is -2.13. The molecule has 1 aliphatic heterocycles. The van der Waals surface area contributed by atoms with Crippen LogP contribution in [-0.4, -0.2) is 38.9 Å². The molecular formula is C15H18N2O4. The molecule has 1 saturated heterocycles. The molecule has 0 unspecified atom stereocenters. The third kappa shape index (κ3) is 4.18. The molecule has 0 saturated carbocycles. The van der Waals surface area contributed by atoms with Crippen LogP contribution >= 0.6 is 0 Å². The first-order valence-electron chi connectivity index (χ1n) is 6.81. The highest BCUT2D eigenvalue weighted by Gasteiger charge is 2.17. The van der Waals surface area contributed by atoms with Crippen LogP contribution in [0.1, 0.15) is 18.4 Å². The highest BCUT2D eigenvalue weighted by Crippen LogP contribution is 2.27. The van der Waals surface area contributed by atoms with Crippen LogP contribution in [0.5, 0.6) is 5.75 Å². The quantitative estimate of drug-likeness (QED) is 0.862. The molecule has 21 heavy (non-hydrogen) atoms. The van der Waals surface area contributed by atoms with Crippen LogP contribution in [0.15, 0.2) is 18.2 Å². The van der Waals surface area contributed by atoms with Gasteiger partial charge in [0.25, 0.3) is 5.91 Å². The zero-order valence-corrected chi connectivity index (χ0v) is 11.9. The Morgan fingerprint density at radius 2 is 2.43 bits per heavy atom. The summed E-state index contributed by atoms with van der Waals surface area (Å²) in [5, 5.41) is 11.7. The minimum Gasteiger partial charge on any atom is -0.495 e. The highest BCUT2D eigenvalue weighted by molar-refractivity contribution is 5.94. The lowest BCUT2D eigenvalue weighted by atomic mass is 10.2. The van der Waals surface area contributed by atoms with Crippen molar-refractivity contribution in [3.05, 3.63) is 23.8 Å². The Morgan fingerprint density at radius 3 is 3.10 bits per heavy atom. The number of amides is 1. The summed E-state index contributed by atoms with van der Waals surface area (Å²) in [6, 6.07) is 7.02. The third-order valence-corrected chi connectivity index (χ3v) is 3.19. The highest BCUT2D eigenvalue weighted by atomic mass is 16.5. The fourth-order valence-corrected chi connectivity index (χ4v) is 2.16. The SMILES string of the molecule is COc1cccc(C#N)c1NC(=O)COC[C@H]1CCCO1. The summed E-state index contributed by atoms with van der Waals surface area (Å²) < 4.78 is 15.9. The molecule has 1 aromatic rings. The molecule has 112 valence electrons. The number of benzene rings is 1. The second-order valence-electron chi connectivity index (χ2n) is 4.69. The van der Waals surface area contributed by atoms with Crippen LogP contribution in [-0.2, 0) is 14.3 Å². The van der Waals surface area contributed by atoms with Crippen molar-refractivity contribution in [2.45, 2.75) is 18.9 Å². The van der Waals surface area contributed by atoms with E-state index in [1.54, 1.807) is 18.2 Å². The fourth-order valence-electron chi connectivity index (χ4n) is 2.16. The van der Waals surface area contributed by atoms with Crippen molar-refractivity contribution in [1.29, 1.82) is 5.26 Å². The van der Waals surface area contributed by atoms with Gasteiger partial charge in [-0.1, -0.05) is 6.07 Å². The molecule has 0 radical (unpaired) electrons. The first-order valence-corrected chi connectivity index (χ1v) is 6.81. The van der Waals surface area contributed by atoms with Crippen molar-refractivity contribution in [3.63, 3.8) is 0 Å². The van der Waals surface area contributed by atoms with Crippen molar-refractivity contribution in [1.82, 2.24) is 0 Å². The lowest BCUT2D eigenvalue weighted by molar-refractivity contribution is -0.121. The van der Waals surface area contributed by atoms with Gasteiger partial charge < -0.3 is 19.5 Å². The maximum absolute atomic E-state index is 11.9. The van der Waals surface area contributed by atoms with E-state index in [-0.39, 0.29) is 18.6 Å². The van der Waals surface area contributed by atoms with Crippen molar-refractivity contribution in [2.75, 3.05) is 32.2 Å². The van der Waals surface area contributed by atoms with Gasteiger partial charge in [0.15, 0.2) is 0 Å². The maximum atomic E-state index is 11.9. The van der Waals surface area contributed by atoms with E-state index in [1.807, 2.05) is 6.07 Å². The van der Waals surface area contributed by atoms with E-state index in [0.717, 1.165) is 19.4 Å². The second kappa shape index (κ2) is 7.62. The van der Waals surface area contributed by atoms with Gasteiger partial charge in [0.05, 0.1) is 25.4 Å². The normalized spacial score (nSPS) is 17.2. The minimum atomic E-state index is -0.325. The first-order chi connectivity index (χ1) is 10.2. The average molecular weight is 290 g/mol. The molecular weight excluding hydrogens is 272 g/mol. The molecule has 0 spiro atoms. The summed E-state index contributed by atoms with van der Waals surface area (Å²) in [4.78, 5) is 11.9. The zero-order chi connectivity index (χ0) is 15.1. The van der Waals surface area contributed by atoms with Gasteiger partial charge in [-0.15, -0.1) is 0 Å². The van der Waals surface area contributed by atoms with E-state index in [2.05, 4.69) is 5.32 Å². The number of carbonyl (C=O) groups excluding carboxylic acids is 1. The summed E-state index contributed by atoms with van der Waals surface area (Å²) in [7, 11) is 1.49. The number of anilines is 1. The standard InChI is InChI=1S/C15H18N2O4/c1-19-13-6-2-4-11(8-16)15(13)17-14(18)10-20-9-12-5-3-7-21-12/h2,4,6,12H,3,5,7,9-10H2,1H3,(H,17,18)/t12-/m1/s1. The predicted molar refractivity (Wildman–Crippen MR) is 76.1 cm³/mol. The molecule has 1 atom stereocenters. The van der Waals surface area contributed by atoms with E-state index in [9.17, 15) is 4.79 Å². The first kappa shape index (κ1) is 15.3. The predicted octanol–water partition coefficient (Wildman–Crippen LogP) is 1.70. The smallest absolute Gasteiger partial charge is 0.250 e. The van der Waals surface area contributed by atoms with Crippen LogP contribution in [0, 0.1) is 11.3 Å². The number of nitrogens with zero attached hydrogens (tertiary/aromatic N) is 1. The minimum absolute atomic E-state index is 0.0806. The number of hydrogen-bond acceptors (Lipinski definition) is 5.